The van der Waals surface area contributed by atoms with Crippen LogP contribution in [-0.4, -0.2) is 0 Å². The Morgan fingerprint density at radius 2 is 0.785 bits per heavy atom. The second kappa shape index (κ2) is 14.8. The number of fused-ring (bicyclic) bond motifs is 10. The molecule has 1 heteroatoms. The first-order valence-electron chi connectivity index (χ1n) is 24.0. The summed E-state index contributed by atoms with van der Waals surface area (Å²) in [4.78, 5) is 2.41. The van der Waals surface area contributed by atoms with Gasteiger partial charge in [0.05, 0.1) is 5.41 Å². The molecule has 9 aromatic carbocycles. The van der Waals surface area contributed by atoms with Crippen LogP contribution in [0.1, 0.15) is 72.9 Å². The Hall–Kier alpha value is -6.96. The molecule has 0 aliphatic heterocycles. The van der Waals surface area contributed by atoms with Crippen molar-refractivity contribution in [2.24, 2.45) is 23.7 Å². The van der Waals surface area contributed by atoms with Gasteiger partial charge in [-0.05, 0) is 169 Å². The molecule has 2 fully saturated rings. The summed E-state index contributed by atoms with van der Waals surface area (Å²) in [6.45, 7) is 5.06. The van der Waals surface area contributed by atoms with Crippen LogP contribution < -0.4 is 4.90 Å². The van der Waals surface area contributed by atoms with Crippen molar-refractivity contribution < 1.29 is 0 Å². The molecular weight excluding hydrogens is 783 g/mol. The zero-order chi connectivity index (χ0) is 43.3. The zero-order valence-electron chi connectivity index (χ0n) is 37.3. The third-order valence-corrected chi connectivity index (χ3v) is 16.3. The Labute approximate surface area is 384 Å². The summed E-state index contributed by atoms with van der Waals surface area (Å²) < 4.78 is 0. The molecule has 0 radical (unpaired) electrons. The van der Waals surface area contributed by atoms with Gasteiger partial charge in [-0.3, -0.25) is 0 Å². The molecule has 0 heterocycles. The molecule has 314 valence electrons. The maximum atomic E-state index is 2.68. The van der Waals surface area contributed by atoms with Crippen LogP contribution in [0, 0.1) is 23.7 Å². The van der Waals surface area contributed by atoms with Crippen LogP contribution in [0.25, 0.3) is 44.2 Å². The van der Waals surface area contributed by atoms with Gasteiger partial charge in [-0.25, -0.2) is 0 Å². The second-order valence-electron chi connectivity index (χ2n) is 19.9. The second-order valence-corrected chi connectivity index (χ2v) is 19.9. The van der Waals surface area contributed by atoms with Crippen LogP contribution in [0.3, 0.4) is 0 Å². The molecule has 0 saturated heterocycles. The topological polar surface area (TPSA) is 3.24 Å². The quantitative estimate of drug-likeness (QED) is 0.167. The lowest BCUT2D eigenvalue weighted by Gasteiger charge is -2.61. The number of nitrogens with zero attached hydrogens (tertiary/aromatic N) is 1. The van der Waals surface area contributed by atoms with Crippen molar-refractivity contribution in [1.82, 2.24) is 0 Å². The van der Waals surface area contributed by atoms with Crippen LogP contribution in [0.2, 0.25) is 0 Å². The highest BCUT2D eigenvalue weighted by molar-refractivity contribution is 5.91. The molecule has 0 atom stereocenters. The molecule has 2 spiro atoms. The third-order valence-electron chi connectivity index (χ3n) is 16.3. The lowest BCUT2D eigenvalue weighted by atomic mass is 9.41. The average molecular weight is 836 g/mol. The Kier molecular flexibility index (Phi) is 8.76. The number of anilines is 3. The van der Waals surface area contributed by atoms with E-state index in [2.05, 4.69) is 231 Å². The van der Waals surface area contributed by atoms with E-state index in [-0.39, 0.29) is 10.8 Å². The lowest BCUT2D eigenvalue weighted by Crippen LogP contribution is -2.56. The minimum atomic E-state index is -0.383. The van der Waals surface area contributed by atoms with Gasteiger partial charge in [0.2, 0.25) is 0 Å². The van der Waals surface area contributed by atoms with Crippen molar-refractivity contribution in [3.05, 3.63) is 246 Å². The van der Waals surface area contributed by atoms with Crippen LogP contribution in [0.4, 0.5) is 17.1 Å². The Balaban J connectivity index is 0.989. The first-order valence-corrected chi connectivity index (χ1v) is 24.0. The largest absolute Gasteiger partial charge is 0.310 e. The van der Waals surface area contributed by atoms with Gasteiger partial charge in [0.15, 0.2) is 0 Å². The fourth-order valence-corrected chi connectivity index (χ4v) is 14.0. The summed E-state index contributed by atoms with van der Waals surface area (Å²) in [6.07, 6.45) is 5.13. The van der Waals surface area contributed by atoms with E-state index in [1.807, 2.05) is 0 Å². The molecule has 2 saturated carbocycles. The van der Waals surface area contributed by atoms with Gasteiger partial charge in [0.25, 0.3) is 0 Å². The maximum Gasteiger partial charge on any atom is 0.0719 e. The highest BCUT2D eigenvalue weighted by Gasteiger charge is 2.62. The predicted molar refractivity (Wildman–Crippen MR) is 271 cm³/mol. The average Bonchev–Trinajstić information content (AvgIpc) is 3.65. The highest BCUT2D eigenvalue weighted by Crippen LogP contribution is 2.69. The van der Waals surface area contributed by atoms with E-state index >= 15 is 0 Å². The molecule has 0 N–H and O–H groups in total. The third kappa shape index (κ3) is 5.64. The van der Waals surface area contributed by atoms with Gasteiger partial charge in [-0.1, -0.05) is 184 Å². The van der Waals surface area contributed by atoms with Crippen molar-refractivity contribution in [3.63, 3.8) is 0 Å². The highest BCUT2D eigenvalue weighted by atomic mass is 15.1. The molecule has 4 aliphatic rings. The smallest absolute Gasteiger partial charge is 0.0719 e. The molecule has 1 nitrogen and oxygen atoms in total. The van der Waals surface area contributed by atoms with E-state index in [9.17, 15) is 0 Å². The summed E-state index contributed by atoms with van der Waals surface area (Å²) in [5, 5.41) is 2.48. The summed E-state index contributed by atoms with van der Waals surface area (Å²) in [5.74, 6) is 2.65. The molecule has 65 heavy (non-hydrogen) atoms. The van der Waals surface area contributed by atoms with Crippen molar-refractivity contribution in [2.75, 3.05) is 4.90 Å². The standard InChI is InChI=1S/C64H53N/c1-42-36-50-38-43(2)39-51(37-42)63(50)59-22-12-13-23-60(59)64(57-20-10-8-18-55(57)56-19-9-11-21-58(56)64)61-35-29-49(41-62(61)63)47-26-32-53(33-27-47)65(54-34-28-45-16-6-7-17-48(45)40-54)52-30-24-46(25-31-52)44-14-4-3-5-15-44/h3-35,40-43,50-51H,36-39H2,1-2H3. The van der Waals surface area contributed by atoms with Gasteiger partial charge >= 0.3 is 0 Å². The van der Waals surface area contributed by atoms with Gasteiger partial charge in [0.1, 0.15) is 0 Å². The summed E-state index contributed by atoms with van der Waals surface area (Å²) in [7, 11) is 0. The van der Waals surface area contributed by atoms with E-state index < -0.39 is 0 Å². The molecule has 4 aliphatic carbocycles. The Morgan fingerprint density at radius 3 is 1.40 bits per heavy atom. The van der Waals surface area contributed by atoms with Gasteiger partial charge in [0, 0.05) is 22.5 Å². The molecule has 13 rings (SSSR count). The van der Waals surface area contributed by atoms with Crippen LogP contribution in [0.5, 0.6) is 0 Å². The van der Waals surface area contributed by atoms with Crippen molar-refractivity contribution in [2.45, 2.75) is 50.4 Å². The first-order chi connectivity index (χ1) is 32.0. The maximum absolute atomic E-state index is 2.68. The molecular formula is C64H53N. The van der Waals surface area contributed by atoms with E-state index in [0.717, 1.165) is 28.9 Å². The lowest BCUT2D eigenvalue weighted by molar-refractivity contribution is 0.0238. The van der Waals surface area contributed by atoms with E-state index in [1.54, 1.807) is 11.1 Å². The Morgan fingerprint density at radius 1 is 0.338 bits per heavy atom. The first kappa shape index (κ1) is 38.5. The van der Waals surface area contributed by atoms with Crippen molar-refractivity contribution in [1.29, 1.82) is 0 Å². The van der Waals surface area contributed by atoms with Crippen LogP contribution in [0.15, 0.2) is 212 Å². The molecule has 9 aromatic rings. The molecule has 0 unspecified atom stereocenters. The fraction of sp³-hybridized carbons (Fsp3) is 0.188. The van der Waals surface area contributed by atoms with Crippen LogP contribution >= 0.6 is 0 Å². The van der Waals surface area contributed by atoms with Gasteiger partial charge in [-0.15, -0.1) is 0 Å². The number of benzene rings is 9. The normalized spacial score (nSPS) is 21.9. The van der Waals surface area contributed by atoms with E-state index in [4.69, 9.17) is 0 Å². The Bertz CT molecular complexity index is 3190. The fourth-order valence-electron chi connectivity index (χ4n) is 14.0. The van der Waals surface area contributed by atoms with Gasteiger partial charge in [-0.2, -0.15) is 0 Å². The number of hydrogen-bond acceptors (Lipinski definition) is 1. The molecule has 0 amide bonds. The predicted octanol–water partition coefficient (Wildman–Crippen LogP) is 16.7. The van der Waals surface area contributed by atoms with E-state index in [1.165, 1.54) is 92.1 Å². The molecule has 2 bridgehead atoms. The van der Waals surface area contributed by atoms with E-state index in [0.29, 0.717) is 11.8 Å². The monoisotopic (exact) mass is 835 g/mol. The van der Waals surface area contributed by atoms with Gasteiger partial charge < -0.3 is 4.90 Å². The molecule has 0 aromatic heterocycles. The summed E-state index contributed by atoms with van der Waals surface area (Å²) >= 11 is 0. The SMILES string of the molecule is CC1CC2CC(C)CC(C1)C21c2ccccc2C2(c3ccccc3-c3ccccc32)c2ccc(-c3ccc(N(c4ccc(-c5ccccc5)cc4)c4ccc5ccccc5c4)cc3)cc21. The summed E-state index contributed by atoms with van der Waals surface area (Å²) in [6, 6.07) is 80.7. The van der Waals surface area contributed by atoms with Crippen molar-refractivity contribution >= 4 is 27.8 Å². The number of rotatable bonds is 5. The minimum Gasteiger partial charge on any atom is -0.310 e. The minimum absolute atomic E-state index is 0.0442. The van der Waals surface area contributed by atoms with Crippen molar-refractivity contribution in [3.8, 4) is 33.4 Å². The number of hydrogen-bond donors (Lipinski definition) is 0. The van der Waals surface area contributed by atoms with Crippen LogP contribution in [-0.2, 0) is 10.8 Å². The zero-order valence-corrected chi connectivity index (χ0v) is 37.3. The summed E-state index contributed by atoms with van der Waals surface area (Å²) in [5.41, 5.74) is 19.8.